The van der Waals surface area contributed by atoms with Gasteiger partial charge in [0.15, 0.2) is 0 Å². The highest BCUT2D eigenvalue weighted by atomic mass is 35.5. The molecule has 0 radical (unpaired) electrons. The van der Waals surface area contributed by atoms with Crippen molar-refractivity contribution in [2.75, 3.05) is 40.3 Å². The van der Waals surface area contributed by atoms with E-state index in [2.05, 4.69) is 14.5 Å². The van der Waals surface area contributed by atoms with Crippen LogP contribution in [-0.2, 0) is 6.54 Å². The summed E-state index contributed by atoms with van der Waals surface area (Å²) in [7, 11) is 3.55. The topological polar surface area (TPSA) is 52.6 Å². The fraction of sp³-hybridized carbons (Fsp3) is 0.700. The number of urea groups is 1. The third-order valence-electron chi connectivity index (χ3n) is 2.91. The number of carbonyl (C=O) groups excluding carboxylic acids is 1. The molecule has 0 aliphatic carbocycles. The van der Waals surface area contributed by atoms with Crippen molar-refractivity contribution in [3.05, 3.63) is 10.0 Å². The zero-order valence-corrected chi connectivity index (χ0v) is 12.0. The highest BCUT2D eigenvalue weighted by molar-refractivity contribution is 7.10. The standard InChI is InChI=1S/C10H16ClN5OS/c1-14(2)10(17)16-5-3-15(4-6-16)7-8-9(11)18-13-12-8/h3-7H2,1-2H3. The Kier molecular flexibility index (Phi) is 4.36. The Bertz CT molecular complexity index is 416. The van der Waals surface area contributed by atoms with Crippen LogP contribution < -0.4 is 0 Å². The maximum absolute atomic E-state index is 11.8. The molecule has 6 nitrogen and oxygen atoms in total. The molecule has 2 heterocycles. The molecule has 1 aliphatic heterocycles. The van der Waals surface area contributed by atoms with Crippen LogP contribution in [0.3, 0.4) is 0 Å². The van der Waals surface area contributed by atoms with Gasteiger partial charge in [0.05, 0.1) is 0 Å². The van der Waals surface area contributed by atoms with Crippen LogP contribution in [-0.4, -0.2) is 70.6 Å². The molecule has 1 aliphatic rings. The molecule has 2 rings (SSSR count). The molecule has 2 amide bonds. The van der Waals surface area contributed by atoms with Crippen LogP contribution in [0.15, 0.2) is 0 Å². The first kappa shape index (κ1) is 13.5. The van der Waals surface area contributed by atoms with Crippen LogP contribution in [0.1, 0.15) is 5.69 Å². The van der Waals surface area contributed by atoms with Gasteiger partial charge in [-0.15, -0.1) is 5.10 Å². The first-order valence-electron chi connectivity index (χ1n) is 5.73. The van der Waals surface area contributed by atoms with Crippen molar-refractivity contribution < 1.29 is 4.79 Å². The van der Waals surface area contributed by atoms with Crippen molar-refractivity contribution >= 4 is 29.2 Å². The number of rotatable bonds is 2. The Hall–Kier alpha value is -0.920. The summed E-state index contributed by atoms with van der Waals surface area (Å²) in [5, 5.41) is 4.00. The summed E-state index contributed by atoms with van der Waals surface area (Å²) in [6.45, 7) is 3.87. The van der Waals surface area contributed by atoms with Crippen LogP contribution in [0.4, 0.5) is 4.79 Å². The Morgan fingerprint density at radius 1 is 1.39 bits per heavy atom. The summed E-state index contributed by atoms with van der Waals surface area (Å²) in [4.78, 5) is 17.5. The molecule has 1 saturated heterocycles. The largest absolute Gasteiger partial charge is 0.331 e. The summed E-state index contributed by atoms with van der Waals surface area (Å²) in [6.07, 6.45) is 0. The van der Waals surface area contributed by atoms with E-state index in [0.717, 1.165) is 31.9 Å². The predicted molar refractivity (Wildman–Crippen MR) is 70.9 cm³/mol. The molecule has 0 unspecified atom stereocenters. The summed E-state index contributed by atoms with van der Waals surface area (Å²) in [6, 6.07) is 0.0722. The number of halogens is 1. The fourth-order valence-electron chi connectivity index (χ4n) is 1.88. The van der Waals surface area contributed by atoms with Gasteiger partial charge in [-0.05, 0) is 0 Å². The number of hydrogen-bond acceptors (Lipinski definition) is 5. The van der Waals surface area contributed by atoms with Gasteiger partial charge in [0.25, 0.3) is 0 Å². The van der Waals surface area contributed by atoms with Gasteiger partial charge in [-0.25, -0.2) is 4.79 Å². The third-order valence-corrected chi connectivity index (χ3v) is 3.89. The van der Waals surface area contributed by atoms with Crippen molar-refractivity contribution in [2.45, 2.75) is 6.54 Å². The number of hydrogen-bond donors (Lipinski definition) is 0. The first-order chi connectivity index (χ1) is 8.58. The van der Waals surface area contributed by atoms with E-state index < -0.39 is 0 Å². The maximum atomic E-state index is 11.8. The van der Waals surface area contributed by atoms with Gasteiger partial charge < -0.3 is 9.80 Å². The molecule has 0 spiro atoms. The minimum absolute atomic E-state index is 0.0722. The van der Waals surface area contributed by atoms with E-state index in [9.17, 15) is 4.79 Å². The van der Waals surface area contributed by atoms with Crippen molar-refractivity contribution in [1.29, 1.82) is 0 Å². The van der Waals surface area contributed by atoms with E-state index in [-0.39, 0.29) is 6.03 Å². The first-order valence-corrected chi connectivity index (χ1v) is 6.88. The van der Waals surface area contributed by atoms with Crippen LogP contribution in [0.5, 0.6) is 0 Å². The molecule has 0 atom stereocenters. The Labute approximate surface area is 115 Å². The van der Waals surface area contributed by atoms with E-state index >= 15 is 0 Å². The normalized spacial score (nSPS) is 16.9. The Morgan fingerprint density at radius 3 is 2.56 bits per heavy atom. The van der Waals surface area contributed by atoms with E-state index in [1.807, 2.05) is 4.90 Å². The SMILES string of the molecule is CN(C)C(=O)N1CCN(Cc2nnsc2Cl)CC1. The van der Waals surface area contributed by atoms with Gasteiger partial charge in [0.2, 0.25) is 0 Å². The lowest BCUT2D eigenvalue weighted by Crippen LogP contribution is -2.51. The van der Waals surface area contributed by atoms with Crippen molar-refractivity contribution in [3.8, 4) is 0 Å². The lowest BCUT2D eigenvalue weighted by Gasteiger charge is -2.35. The van der Waals surface area contributed by atoms with E-state index in [4.69, 9.17) is 11.6 Å². The molecule has 1 fully saturated rings. The molecular formula is C10H16ClN5OS. The predicted octanol–water partition coefficient (Wildman–Crippen LogP) is 0.991. The summed E-state index contributed by atoms with van der Waals surface area (Å²) < 4.78 is 4.47. The average Bonchev–Trinajstić information content (AvgIpc) is 2.75. The van der Waals surface area contributed by atoms with Crippen LogP contribution >= 0.6 is 23.1 Å². The summed E-state index contributed by atoms with van der Waals surface area (Å²) in [5.41, 5.74) is 0.828. The average molecular weight is 290 g/mol. The van der Waals surface area contributed by atoms with E-state index in [1.165, 1.54) is 11.5 Å². The number of piperazine rings is 1. The smallest absolute Gasteiger partial charge is 0.319 e. The number of carbonyl (C=O) groups is 1. The molecule has 0 aromatic carbocycles. The molecule has 0 bridgehead atoms. The minimum Gasteiger partial charge on any atom is -0.331 e. The quantitative estimate of drug-likeness (QED) is 0.815. The molecule has 1 aromatic rings. The number of amides is 2. The van der Waals surface area contributed by atoms with E-state index in [1.54, 1.807) is 19.0 Å². The monoisotopic (exact) mass is 289 g/mol. The van der Waals surface area contributed by atoms with Crippen LogP contribution in [0.25, 0.3) is 0 Å². The molecule has 100 valence electrons. The zero-order chi connectivity index (χ0) is 13.1. The highest BCUT2D eigenvalue weighted by Gasteiger charge is 2.23. The van der Waals surface area contributed by atoms with Crippen molar-refractivity contribution in [2.24, 2.45) is 0 Å². The van der Waals surface area contributed by atoms with Crippen LogP contribution in [0.2, 0.25) is 4.34 Å². The zero-order valence-electron chi connectivity index (χ0n) is 10.5. The minimum atomic E-state index is 0.0722. The molecule has 8 heteroatoms. The lowest BCUT2D eigenvalue weighted by molar-refractivity contribution is 0.119. The van der Waals surface area contributed by atoms with Gasteiger partial charge >= 0.3 is 6.03 Å². The van der Waals surface area contributed by atoms with Crippen molar-refractivity contribution in [3.63, 3.8) is 0 Å². The fourth-order valence-corrected chi connectivity index (χ4v) is 2.50. The molecule has 18 heavy (non-hydrogen) atoms. The Balaban J connectivity index is 1.84. The second kappa shape index (κ2) is 5.81. The molecule has 1 aromatic heterocycles. The number of nitrogens with zero attached hydrogens (tertiary/aromatic N) is 5. The summed E-state index contributed by atoms with van der Waals surface area (Å²) >= 11 is 7.18. The van der Waals surface area contributed by atoms with E-state index in [0.29, 0.717) is 10.9 Å². The maximum Gasteiger partial charge on any atom is 0.319 e. The number of aromatic nitrogens is 2. The van der Waals surface area contributed by atoms with Gasteiger partial charge in [-0.2, -0.15) is 0 Å². The Morgan fingerprint density at radius 2 is 2.06 bits per heavy atom. The van der Waals surface area contributed by atoms with Gasteiger partial charge in [0, 0.05) is 58.4 Å². The van der Waals surface area contributed by atoms with Gasteiger partial charge in [-0.1, -0.05) is 16.1 Å². The van der Waals surface area contributed by atoms with Gasteiger partial charge in [0.1, 0.15) is 10.0 Å². The molecule has 0 N–H and O–H groups in total. The second-order valence-corrected chi connectivity index (χ2v) is 5.79. The van der Waals surface area contributed by atoms with Crippen LogP contribution in [0, 0.1) is 0 Å². The second-order valence-electron chi connectivity index (χ2n) is 4.43. The molecular weight excluding hydrogens is 274 g/mol. The van der Waals surface area contributed by atoms with Crippen molar-refractivity contribution in [1.82, 2.24) is 24.3 Å². The third kappa shape index (κ3) is 3.09. The van der Waals surface area contributed by atoms with Gasteiger partial charge in [-0.3, -0.25) is 4.90 Å². The molecule has 0 saturated carbocycles. The highest BCUT2D eigenvalue weighted by Crippen LogP contribution is 2.19. The lowest BCUT2D eigenvalue weighted by atomic mass is 10.3. The summed E-state index contributed by atoms with van der Waals surface area (Å²) in [5.74, 6) is 0.